The minimum absolute atomic E-state index is 0.0822. The molecule has 1 aliphatic heterocycles. The van der Waals surface area contributed by atoms with Crippen molar-refractivity contribution >= 4 is 5.97 Å². The van der Waals surface area contributed by atoms with Gasteiger partial charge >= 0.3 is 5.97 Å². The van der Waals surface area contributed by atoms with Crippen molar-refractivity contribution in [1.29, 1.82) is 0 Å². The molecule has 4 nitrogen and oxygen atoms in total. The van der Waals surface area contributed by atoms with E-state index in [1.54, 1.807) is 0 Å². The zero-order valence-electron chi connectivity index (χ0n) is 7.87. The van der Waals surface area contributed by atoms with Gasteiger partial charge in [0, 0.05) is 18.0 Å². The first-order valence-corrected chi connectivity index (χ1v) is 4.54. The molecule has 5 heteroatoms. The number of fused-ring (bicyclic) bond motifs is 1. The quantitative estimate of drug-likeness (QED) is 0.734. The number of hydrogen-bond donors (Lipinski definition) is 2. The van der Waals surface area contributed by atoms with E-state index in [1.807, 2.05) is 0 Å². The highest BCUT2D eigenvalue weighted by atomic mass is 19.1. The average molecular weight is 211 g/mol. The van der Waals surface area contributed by atoms with Crippen LogP contribution in [-0.2, 0) is 0 Å². The average Bonchev–Trinajstić information content (AvgIpc) is 2.19. The minimum Gasteiger partial charge on any atom is -0.490 e. The number of carboxylic acid groups (broad SMARTS) is 1. The second-order valence-corrected chi connectivity index (χ2v) is 3.43. The third kappa shape index (κ3) is 1.66. The molecule has 1 atom stereocenters. The van der Waals surface area contributed by atoms with Gasteiger partial charge in [-0.3, -0.25) is 0 Å². The van der Waals surface area contributed by atoms with Crippen LogP contribution in [0, 0.1) is 5.82 Å². The van der Waals surface area contributed by atoms with Crippen LogP contribution in [0.15, 0.2) is 12.1 Å². The summed E-state index contributed by atoms with van der Waals surface area (Å²) >= 11 is 0. The van der Waals surface area contributed by atoms with E-state index in [4.69, 9.17) is 15.6 Å². The van der Waals surface area contributed by atoms with E-state index in [1.165, 1.54) is 6.07 Å². The molecule has 0 spiro atoms. The monoisotopic (exact) mass is 211 g/mol. The van der Waals surface area contributed by atoms with Gasteiger partial charge in [-0.2, -0.15) is 0 Å². The summed E-state index contributed by atoms with van der Waals surface area (Å²) in [4.78, 5) is 10.7. The molecule has 0 amide bonds. The van der Waals surface area contributed by atoms with Crippen LogP contribution in [0.25, 0.3) is 0 Å². The largest absolute Gasteiger partial charge is 0.490 e. The van der Waals surface area contributed by atoms with Gasteiger partial charge in [0.2, 0.25) is 0 Å². The summed E-state index contributed by atoms with van der Waals surface area (Å²) in [5.74, 6) is -1.76. The normalized spacial score (nSPS) is 19.2. The van der Waals surface area contributed by atoms with Crippen molar-refractivity contribution < 1.29 is 19.0 Å². The molecule has 1 aliphatic rings. The van der Waals surface area contributed by atoms with E-state index < -0.39 is 11.8 Å². The number of benzene rings is 1. The van der Waals surface area contributed by atoms with Gasteiger partial charge in [0.1, 0.15) is 0 Å². The van der Waals surface area contributed by atoms with E-state index in [-0.39, 0.29) is 17.4 Å². The summed E-state index contributed by atoms with van der Waals surface area (Å²) < 4.78 is 18.5. The van der Waals surface area contributed by atoms with Crippen LogP contribution >= 0.6 is 0 Å². The Morgan fingerprint density at radius 1 is 1.60 bits per heavy atom. The summed E-state index contributed by atoms with van der Waals surface area (Å²) in [6.45, 7) is 0.359. The van der Waals surface area contributed by atoms with Crippen molar-refractivity contribution in [2.24, 2.45) is 5.73 Å². The van der Waals surface area contributed by atoms with Gasteiger partial charge in [-0.25, -0.2) is 9.18 Å². The second kappa shape index (κ2) is 3.51. The molecule has 2 rings (SSSR count). The molecule has 1 aromatic carbocycles. The summed E-state index contributed by atoms with van der Waals surface area (Å²) in [5.41, 5.74) is 6.07. The molecule has 0 aliphatic carbocycles. The summed E-state index contributed by atoms with van der Waals surface area (Å²) in [6.07, 6.45) is 0.565. The predicted octanol–water partition coefficient (Wildman–Crippen LogP) is 1.31. The van der Waals surface area contributed by atoms with Crippen LogP contribution in [0.2, 0.25) is 0 Å². The molecule has 0 fully saturated rings. The fourth-order valence-corrected chi connectivity index (χ4v) is 1.61. The molecule has 3 N–H and O–H groups in total. The Balaban J connectivity index is 2.56. The molecule has 0 aromatic heterocycles. The molecule has 0 bridgehead atoms. The van der Waals surface area contributed by atoms with Crippen molar-refractivity contribution in [1.82, 2.24) is 0 Å². The number of rotatable bonds is 1. The van der Waals surface area contributed by atoms with Crippen molar-refractivity contribution in [3.05, 3.63) is 29.1 Å². The highest BCUT2D eigenvalue weighted by molar-refractivity contribution is 5.88. The maximum atomic E-state index is 13.4. The van der Waals surface area contributed by atoms with Gasteiger partial charge in [-0.1, -0.05) is 0 Å². The van der Waals surface area contributed by atoms with Gasteiger partial charge in [0.15, 0.2) is 11.6 Å². The van der Waals surface area contributed by atoms with Crippen molar-refractivity contribution in [2.45, 2.75) is 12.5 Å². The minimum atomic E-state index is -1.17. The smallest absolute Gasteiger partial charge is 0.335 e. The molecule has 0 saturated heterocycles. The van der Waals surface area contributed by atoms with Crippen LogP contribution in [0.4, 0.5) is 4.39 Å². The molecule has 0 unspecified atom stereocenters. The topological polar surface area (TPSA) is 72.5 Å². The van der Waals surface area contributed by atoms with E-state index in [9.17, 15) is 9.18 Å². The highest BCUT2D eigenvalue weighted by Gasteiger charge is 2.23. The molecule has 1 aromatic rings. The Kier molecular flexibility index (Phi) is 2.32. The number of halogens is 1. The Hall–Kier alpha value is -1.62. The molecular weight excluding hydrogens is 201 g/mol. The van der Waals surface area contributed by atoms with Crippen LogP contribution in [-0.4, -0.2) is 17.7 Å². The molecular formula is C10H10FNO3. The molecule has 0 radical (unpaired) electrons. The number of hydrogen-bond acceptors (Lipinski definition) is 3. The van der Waals surface area contributed by atoms with Gasteiger partial charge in [0.05, 0.1) is 12.2 Å². The van der Waals surface area contributed by atoms with Crippen LogP contribution < -0.4 is 10.5 Å². The number of nitrogens with two attached hydrogens (primary N) is 1. The summed E-state index contributed by atoms with van der Waals surface area (Å²) in [7, 11) is 0. The standard InChI is InChI=1S/C10H10FNO3/c11-7-4-5(10(13)14)3-6-8(12)1-2-15-9(6)7/h3-4,8H,1-2,12H2,(H,13,14)/t8-/m1/s1. The van der Waals surface area contributed by atoms with Gasteiger partial charge in [0.25, 0.3) is 0 Å². The lowest BCUT2D eigenvalue weighted by Crippen LogP contribution is -2.22. The molecule has 0 saturated carbocycles. The molecule has 80 valence electrons. The van der Waals surface area contributed by atoms with E-state index >= 15 is 0 Å². The van der Waals surface area contributed by atoms with Crippen LogP contribution in [0.3, 0.4) is 0 Å². The van der Waals surface area contributed by atoms with Crippen molar-refractivity contribution in [2.75, 3.05) is 6.61 Å². The van der Waals surface area contributed by atoms with E-state index in [0.29, 0.717) is 18.6 Å². The Morgan fingerprint density at radius 3 is 3.00 bits per heavy atom. The van der Waals surface area contributed by atoms with Crippen molar-refractivity contribution in [3.8, 4) is 5.75 Å². The first-order chi connectivity index (χ1) is 7.09. The lowest BCUT2D eigenvalue weighted by Gasteiger charge is -2.23. The van der Waals surface area contributed by atoms with Crippen molar-refractivity contribution in [3.63, 3.8) is 0 Å². The van der Waals surface area contributed by atoms with Gasteiger partial charge in [-0.15, -0.1) is 0 Å². The van der Waals surface area contributed by atoms with Crippen LogP contribution in [0.5, 0.6) is 5.75 Å². The highest BCUT2D eigenvalue weighted by Crippen LogP contribution is 2.33. The van der Waals surface area contributed by atoms with Gasteiger partial charge < -0.3 is 15.6 Å². The SMILES string of the molecule is N[C@@H]1CCOc2c(F)cc(C(=O)O)cc21. The Bertz CT molecular complexity index is 419. The fourth-order valence-electron chi connectivity index (χ4n) is 1.61. The zero-order valence-corrected chi connectivity index (χ0v) is 7.87. The fraction of sp³-hybridized carbons (Fsp3) is 0.300. The second-order valence-electron chi connectivity index (χ2n) is 3.43. The van der Waals surface area contributed by atoms with Gasteiger partial charge in [-0.05, 0) is 12.1 Å². The number of aromatic carboxylic acids is 1. The summed E-state index contributed by atoms with van der Waals surface area (Å²) in [5, 5.41) is 8.75. The number of carbonyl (C=O) groups is 1. The third-order valence-electron chi connectivity index (χ3n) is 2.39. The first-order valence-electron chi connectivity index (χ1n) is 4.54. The Morgan fingerprint density at radius 2 is 2.33 bits per heavy atom. The lowest BCUT2D eigenvalue weighted by molar-refractivity contribution is 0.0696. The van der Waals surface area contributed by atoms with E-state index in [2.05, 4.69) is 0 Å². The zero-order chi connectivity index (χ0) is 11.0. The first kappa shape index (κ1) is 9.92. The number of ether oxygens (including phenoxy) is 1. The maximum absolute atomic E-state index is 13.4. The molecule has 1 heterocycles. The maximum Gasteiger partial charge on any atom is 0.335 e. The predicted molar refractivity (Wildman–Crippen MR) is 50.4 cm³/mol. The van der Waals surface area contributed by atoms with Crippen LogP contribution in [0.1, 0.15) is 28.4 Å². The number of carboxylic acids is 1. The lowest BCUT2D eigenvalue weighted by atomic mass is 9.99. The third-order valence-corrected chi connectivity index (χ3v) is 2.39. The molecule has 15 heavy (non-hydrogen) atoms. The summed E-state index contributed by atoms with van der Waals surface area (Å²) in [6, 6.07) is 1.95. The van der Waals surface area contributed by atoms with E-state index in [0.717, 1.165) is 6.07 Å². The Labute approximate surface area is 85.5 Å².